The van der Waals surface area contributed by atoms with E-state index in [9.17, 15) is 4.79 Å². The number of carbonyl (C=O) groups excluding carboxylic acids is 1. The van der Waals surface area contributed by atoms with Gasteiger partial charge in [-0.15, -0.1) is 0 Å². The fourth-order valence-electron chi connectivity index (χ4n) is 1.38. The maximum Gasteiger partial charge on any atom is 0.330 e. The van der Waals surface area contributed by atoms with Gasteiger partial charge < -0.3 is 9.47 Å². The first-order chi connectivity index (χ1) is 8.76. The van der Waals surface area contributed by atoms with Gasteiger partial charge in [0.1, 0.15) is 0 Å². The molecule has 0 heterocycles. The molecule has 18 heavy (non-hydrogen) atoms. The third-order valence-corrected chi connectivity index (χ3v) is 2.21. The van der Waals surface area contributed by atoms with E-state index in [1.165, 1.54) is 6.08 Å². The molecule has 0 aliphatic heterocycles. The van der Waals surface area contributed by atoms with Crippen LogP contribution in [0.5, 0.6) is 0 Å². The highest BCUT2D eigenvalue weighted by Crippen LogP contribution is 2.07. The lowest BCUT2D eigenvalue weighted by Crippen LogP contribution is -1.98. The number of rotatable bonds is 6. The summed E-state index contributed by atoms with van der Waals surface area (Å²) >= 11 is 0. The first-order valence-corrected chi connectivity index (χ1v) is 5.85. The maximum atomic E-state index is 11.0. The molecule has 1 rings (SSSR count). The molecular weight excluding hydrogens is 228 g/mol. The third-order valence-electron chi connectivity index (χ3n) is 2.21. The molecule has 3 heteroatoms. The fourth-order valence-corrected chi connectivity index (χ4v) is 1.38. The van der Waals surface area contributed by atoms with Gasteiger partial charge in [-0.3, -0.25) is 0 Å². The minimum atomic E-state index is -0.322. The van der Waals surface area contributed by atoms with Gasteiger partial charge in [0.05, 0.1) is 13.2 Å². The average molecular weight is 246 g/mol. The summed E-state index contributed by atoms with van der Waals surface area (Å²) in [5.74, 6) is -0.322. The summed E-state index contributed by atoms with van der Waals surface area (Å²) in [7, 11) is 1.67. The number of methoxy groups -OCH3 is 1. The number of benzene rings is 1. The fraction of sp³-hybridized carbons (Fsp3) is 0.267. The summed E-state index contributed by atoms with van der Waals surface area (Å²) in [4.78, 5) is 11.0. The molecular formula is C15H18O3. The number of hydrogen-bond donors (Lipinski definition) is 0. The summed E-state index contributed by atoms with van der Waals surface area (Å²) < 4.78 is 9.80. The molecule has 1 aromatic carbocycles. The van der Waals surface area contributed by atoms with Gasteiger partial charge in [-0.2, -0.15) is 0 Å². The Hall–Kier alpha value is -1.87. The van der Waals surface area contributed by atoms with Gasteiger partial charge in [0, 0.05) is 13.2 Å². The van der Waals surface area contributed by atoms with Gasteiger partial charge in [-0.05, 0) is 18.1 Å². The second-order valence-electron chi connectivity index (χ2n) is 3.64. The summed E-state index contributed by atoms with van der Waals surface area (Å²) in [5.41, 5.74) is 2.21. The number of allylic oxidation sites excluding steroid dienone is 2. The van der Waals surface area contributed by atoms with Crippen molar-refractivity contribution in [3.05, 3.63) is 53.6 Å². The number of ether oxygens (including phenoxy) is 2. The molecule has 0 radical (unpaired) electrons. The SMILES string of the molecule is CCOC(=O)C=CC=Cc1ccc(COC)cc1. The lowest BCUT2D eigenvalue weighted by molar-refractivity contribution is -0.137. The first-order valence-electron chi connectivity index (χ1n) is 5.85. The number of carbonyl (C=O) groups is 1. The van der Waals surface area contributed by atoms with Gasteiger partial charge in [0.2, 0.25) is 0 Å². The molecule has 0 unspecified atom stereocenters. The summed E-state index contributed by atoms with van der Waals surface area (Å²) in [6, 6.07) is 8.03. The van der Waals surface area contributed by atoms with Gasteiger partial charge in [0.25, 0.3) is 0 Å². The zero-order valence-electron chi connectivity index (χ0n) is 10.8. The van der Waals surface area contributed by atoms with Crippen molar-refractivity contribution >= 4 is 12.0 Å². The van der Waals surface area contributed by atoms with E-state index in [1.54, 1.807) is 20.1 Å². The van der Waals surface area contributed by atoms with Crippen LogP contribution in [0, 0.1) is 0 Å². The zero-order valence-corrected chi connectivity index (χ0v) is 10.8. The van der Waals surface area contributed by atoms with Crippen molar-refractivity contribution in [3.8, 4) is 0 Å². The molecule has 0 fully saturated rings. The normalized spacial score (nSPS) is 11.2. The van der Waals surface area contributed by atoms with Crippen molar-refractivity contribution in [3.63, 3.8) is 0 Å². The maximum absolute atomic E-state index is 11.0. The summed E-state index contributed by atoms with van der Waals surface area (Å²) in [6.07, 6.45) is 6.80. The van der Waals surface area contributed by atoms with E-state index in [4.69, 9.17) is 9.47 Å². The smallest absolute Gasteiger partial charge is 0.330 e. The van der Waals surface area contributed by atoms with Gasteiger partial charge in [0.15, 0.2) is 0 Å². The minimum absolute atomic E-state index is 0.322. The predicted octanol–water partition coefficient (Wildman–Crippen LogP) is 2.97. The molecule has 0 saturated heterocycles. The lowest BCUT2D eigenvalue weighted by Gasteiger charge is -1.99. The van der Waals surface area contributed by atoms with Gasteiger partial charge >= 0.3 is 5.97 Å². The van der Waals surface area contributed by atoms with E-state index in [1.807, 2.05) is 36.4 Å². The molecule has 0 bridgehead atoms. The molecule has 0 aliphatic rings. The molecule has 0 saturated carbocycles. The summed E-state index contributed by atoms with van der Waals surface area (Å²) in [6.45, 7) is 2.80. The van der Waals surface area contributed by atoms with Crippen LogP contribution in [0.1, 0.15) is 18.1 Å². The van der Waals surface area contributed by atoms with Gasteiger partial charge in [-0.1, -0.05) is 42.5 Å². The van der Waals surface area contributed by atoms with Crippen molar-refractivity contribution in [1.29, 1.82) is 0 Å². The van der Waals surface area contributed by atoms with E-state index >= 15 is 0 Å². The second kappa shape index (κ2) is 8.25. The second-order valence-corrected chi connectivity index (χ2v) is 3.64. The van der Waals surface area contributed by atoms with Crippen molar-refractivity contribution in [2.75, 3.05) is 13.7 Å². The molecule has 0 aromatic heterocycles. The Labute approximate surface area is 108 Å². The highest BCUT2D eigenvalue weighted by Gasteiger charge is 1.92. The largest absolute Gasteiger partial charge is 0.463 e. The molecule has 0 atom stereocenters. The molecule has 96 valence electrons. The number of hydrogen-bond acceptors (Lipinski definition) is 3. The Balaban J connectivity index is 2.49. The Bertz CT molecular complexity index is 416. The molecule has 0 amide bonds. The molecule has 0 spiro atoms. The quantitative estimate of drug-likeness (QED) is 0.440. The number of esters is 1. The van der Waals surface area contributed by atoms with Gasteiger partial charge in [-0.25, -0.2) is 4.79 Å². The predicted molar refractivity (Wildman–Crippen MR) is 72.0 cm³/mol. The van der Waals surface area contributed by atoms with Crippen LogP contribution in [0.15, 0.2) is 42.5 Å². The molecule has 0 N–H and O–H groups in total. The van der Waals surface area contributed by atoms with E-state index in [0.29, 0.717) is 13.2 Å². The van der Waals surface area contributed by atoms with Crippen LogP contribution in [0.3, 0.4) is 0 Å². The van der Waals surface area contributed by atoms with Crippen LogP contribution >= 0.6 is 0 Å². The highest BCUT2D eigenvalue weighted by molar-refractivity contribution is 5.82. The lowest BCUT2D eigenvalue weighted by atomic mass is 10.1. The van der Waals surface area contributed by atoms with Crippen molar-refractivity contribution in [2.24, 2.45) is 0 Å². The van der Waals surface area contributed by atoms with Crippen molar-refractivity contribution < 1.29 is 14.3 Å². The summed E-state index contributed by atoms with van der Waals surface area (Å²) in [5, 5.41) is 0. The Kier molecular flexibility index (Phi) is 6.51. The average Bonchev–Trinajstić information content (AvgIpc) is 2.37. The highest BCUT2D eigenvalue weighted by atomic mass is 16.5. The zero-order chi connectivity index (χ0) is 13.2. The van der Waals surface area contributed by atoms with Crippen LogP contribution in [0.25, 0.3) is 6.08 Å². The Morgan fingerprint density at radius 3 is 2.56 bits per heavy atom. The minimum Gasteiger partial charge on any atom is -0.463 e. The van der Waals surface area contributed by atoms with Crippen LogP contribution in [0.2, 0.25) is 0 Å². The van der Waals surface area contributed by atoms with Crippen LogP contribution in [0.4, 0.5) is 0 Å². The first kappa shape index (κ1) is 14.2. The van der Waals surface area contributed by atoms with Crippen molar-refractivity contribution in [1.82, 2.24) is 0 Å². The molecule has 0 aliphatic carbocycles. The molecule has 3 nitrogen and oxygen atoms in total. The van der Waals surface area contributed by atoms with E-state index in [2.05, 4.69) is 0 Å². The van der Waals surface area contributed by atoms with Crippen molar-refractivity contribution in [2.45, 2.75) is 13.5 Å². The van der Waals surface area contributed by atoms with Crippen LogP contribution in [-0.4, -0.2) is 19.7 Å². The monoisotopic (exact) mass is 246 g/mol. The molecule has 1 aromatic rings. The van der Waals surface area contributed by atoms with E-state index in [-0.39, 0.29) is 5.97 Å². The van der Waals surface area contributed by atoms with Crippen LogP contribution in [-0.2, 0) is 20.9 Å². The van der Waals surface area contributed by atoms with Crippen LogP contribution < -0.4 is 0 Å². The third kappa shape index (κ3) is 5.46. The Morgan fingerprint density at radius 1 is 1.22 bits per heavy atom. The topological polar surface area (TPSA) is 35.5 Å². The van der Waals surface area contributed by atoms with E-state index in [0.717, 1.165) is 11.1 Å². The Morgan fingerprint density at radius 2 is 1.94 bits per heavy atom. The van der Waals surface area contributed by atoms with E-state index < -0.39 is 0 Å². The standard InChI is InChI=1S/C15H18O3/c1-3-18-15(16)7-5-4-6-13-8-10-14(11-9-13)12-17-2/h4-11H,3,12H2,1-2H3.